The summed E-state index contributed by atoms with van der Waals surface area (Å²) in [6, 6.07) is 19.2. The molecule has 0 atom stereocenters. The van der Waals surface area contributed by atoms with Gasteiger partial charge in [-0.05, 0) is 87.4 Å². The Hall–Kier alpha value is -3.02. The summed E-state index contributed by atoms with van der Waals surface area (Å²) in [6.07, 6.45) is 3.28. The average molecular weight is 673 g/mol. The maximum atomic E-state index is 12.5. The summed E-state index contributed by atoms with van der Waals surface area (Å²) in [5.41, 5.74) is 7.89. The first-order valence-electron chi connectivity index (χ1n) is 10.9. The quantitative estimate of drug-likeness (QED) is 0.0833. The van der Waals surface area contributed by atoms with E-state index in [9.17, 15) is 4.79 Å². The van der Waals surface area contributed by atoms with Crippen LogP contribution in [0.15, 0.2) is 88.3 Å². The van der Waals surface area contributed by atoms with E-state index in [1.54, 1.807) is 24.4 Å². The highest BCUT2D eigenvalue weighted by molar-refractivity contribution is 14.1. The number of thiazole rings is 1. The number of anilines is 2. The summed E-state index contributed by atoms with van der Waals surface area (Å²) >= 11 is 7.24. The molecule has 36 heavy (non-hydrogen) atoms. The van der Waals surface area contributed by atoms with Crippen LogP contribution in [0.25, 0.3) is 11.3 Å². The lowest BCUT2D eigenvalue weighted by Crippen LogP contribution is -2.17. The van der Waals surface area contributed by atoms with E-state index in [2.05, 4.69) is 85.0 Å². The number of hydrazone groups is 1. The molecule has 6 nitrogen and oxygen atoms in total. The number of benzene rings is 3. The SMILES string of the molecule is C=CCOc1c(Br)cc(/C=N\NC(=O)c2ccc(-c3csc(Nc4ccc(C)cc4)n3)cc2)cc1I. The predicted molar refractivity (Wildman–Crippen MR) is 160 cm³/mol. The van der Waals surface area contributed by atoms with Crippen molar-refractivity contribution >= 4 is 72.8 Å². The molecule has 9 heteroatoms. The second-order valence-corrected chi connectivity index (χ2v) is 10.6. The molecule has 0 radical (unpaired) electrons. The van der Waals surface area contributed by atoms with Gasteiger partial charge in [0.25, 0.3) is 5.91 Å². The molecular weight excluding hydrogens is 651 g/mol. The number of nitrogens with one attached hydrogen (secondary N) is 2. The molecule has 0 bridgehead atoms. The summed E-state index contributed by atoms with van der Waals surface area (Å²) in [5.74, 6) is 0.451. The minimum absolute atomic E-state index is 0.294. The van der Waals surface area contributed by atoms with Crippen LogP contribution < -0.4 is 15.5 Å². The fourth-order valence-electron chi connectivity index (χ4n) is 3.18. The van der Waals surface area contributed by atoms with Crippen molar-refractivity contribution in [1.82, 2.24) is 10.4 Å². The number of amides is 1. The fraction of sp³-hybridized carbons (Fsp3) is 0.0741. The van der Waals surface area contributed by atoms with Gasteiger partial charge in [-0.15, -0.1) is 11.3 Å². The van der Waals surface area contributed by atoms with Crippen LogP contribution in [0.3, 0.4) is 0 Å². The Kier molecular flexibility index (Phi) is 8.89. The molecule has 3 aromatic carbocycles. The van der Waals surface area contributed by atoms with Gasteiger partial charge in [0.2, 0.25) is 0 Å². The lowest BCUT2D eigenvalue weighted by atomic mass is 10.1. The van der Waals surface area contributed by atoms with E-state index in [-0.39, 0.29) is 5.91 Å². The first-order chi connectivity index (χ1) is 17.4. The van der Waals surface area contributed by atoms with E-state index < -0.39 is 0 Å². The first-order valence-corrected chi connectivity index (χ1v) is 13.6. The van der Waals surface area contributed by atoms with Gasteiger partial charge in [0.1, 0.15) is 12.4 Å². The molecule has 0 saturated carbocycles. The van der Waals surface area contributed by atoms with Gasteiger partial charge in [-0.1, -0.05) is 42.5 Å². The van der Waals surface area contributed by atoms with Crippen molar-refractivity contribution in [3.8, 4) is 17.0 Å². The Bertz CT molecular complexity index is 1380. The number of aryl methyl sites for hydroxylation is 1. The molecular formula is C27H22BrIN4O2S. The highest BCUT2D eigenvalue weighted by atomic mass is 127. The highest BCUT2D eigenvalue weighted by Gasteiger charge is 2.10. The third-order valence-corrected chi connectivity index (χ3v) is 7.14. The van der Waals surface area contributed by atoms with Crippen LogP contribution in [0.5, 0.6) is 5.75 Å². The molecule has 0 aliphatic heterocycles. The van der Waals surface area contributed by atoms with Crippen molar-refractivity contribution in [3.05, 3.63) is 103 Å². The topological polar surface area (TPSA) is 75.6 Å². The van der Waals surface area contributed by atoms with Gasteiger partial charge < -0.3 is 10.1 Å². The summed E-state index contributed by atoms with van der Waals surface area (Å²) in [4.78, 5) is 17.2. The Morgan fingerprint density at radius 2 is 1.94 bits per heavy atom. The van der Waals surface area contributed by atoms with Gasteiger partial charge in [-0.3, -0.25) is 4.79 Å². The number of halogens is 2. The molecule has 1 amide bonds. The average Bonchev–Trinajstić information content (AvgIpc) is 3.33. The predicted octanol–water partition coefficient (Wildman–Crippen LogP) is 7.56. The standard InChI is InChI=1S/C27H22BrIN4O2S/c1-3-12-35-25-22(28)13-18(14-23(25)29)15-30-33-26(34)20-8-6-19(7-9-20)24-16-36-27(32-24)31-21-10-4-17(2)5-11-21/h3-11,13-16H,1,12H2,2H3,(H,31,32)(H,33,34)/b30-15-. The minimum atomic E-state index is -0.294. The number of aromatic nitrogens is 1. The van der Waals surface area contributed by atoms with Crippen LogP contribution in [0.4, 0.5) is 10.8 Å². The Morgan fingerprint density at radius 3 is 2.64 bits per heavy atom. The highest BCUT2D eigenvalue weighted by Crippen LogP contribution is 2.32. The van der Waals surface area contributed by atoms with Crippen LogP contribution >= 0.6 is 49.9 Å². The summed E-state index contributed by atoms with van der Waals surface area (Å²) < 4.78 is 7.38. The normalized spacial score (nSPS) is 10.9. The van der Waals surface area contributed by atoms with E-state index in [0.29, 0.717) is 12.2 Å². The minimum Gasteiger partial charge on any atom is -0.487 e. The molecule has 4 rings (SSSR count). The number of hydrogen-bond acceptors (Lipinski definition) is 6. The molecule has 2 N–H and O–H groups in total. The zero-order valence-corrected chi connectivity index (χ0v) is 23.9. The smallest absolute Gasteiger partial charge is 0.271 e. The fourth-order valence-corrected chi connectivity index (χ4v) is 5.69. The van der Waals surface area contributed by atoms with Crippen LogP contribution in [0.1, 0.15) is 21.5 Å². The van der Waals surface area contributed by atoms with Crippen LogP contribution in [0.2, 0.25) is 0 Å². The second-order valence-electron chi connectivity index (χ2n) is 7.72. The summed E-state index contributed by atoms with van der Waals surface area (Å²) in [7, 11) is 0. The molecule has 1 aromatic heterocycles. The van der Waals surface area contributed by atoms with Crippen molar-refractivity contribution in [2.45, 2.75) is 6.92 Å². The summed E-state index contributed by atoms with van der Waals surface area (Å²) in [6.45, 7) is 6.14. The van der Waals surface area contributed by atoms with Crippen molar-refractivity contribution in [2.75, 3.05) is 11.9 Å². The van der Waals surface area contributed by atoms with E-state index in [1.165, 1.54) is 16.9 Å². The van der Waals surface area contributed by atoms with Gasteiger partial charge in [-0.25, -0.2) is 10.4 Å². The zero-order valence-electron chi connectivity index (χ0n) is 19.3. The maximum Gasteiger partial charge on any atom is 0.271 e. The lowest BCUT2D eigenvalue weighted by molar-refractivity contribution is 0.0955. The Labute approximate surface area is 235 Å². The lowest BCUT2D eigenvalue weighted by Gasteiger charge is -2.09. The summed E-state index contributed by atoms with van der Waals surface area (Å²) in [5, 5.41) is 10.2. The monoisotopic (exact) mass is 672 g/mol. The van der Waals surface area contributed by atoms with E-state index >= 15 is 0 Å². The number of ether oxygens (including phenoxy) is 1. The number of rotatable bonds is 9. The van der Waals surface area contributed by atoms with E-state index in [4.69, 9.17) is 4.74 Å². The molecule has 0 spiro atoms. The van der Waals surface area contributed by atoms with Crippen molar-refractivity contribution in [2.24, 2.45) is 5.10 Å². The molecule has 1 heterocycles. The van der Waals surface area contributed by atoms with E-state index in [0.717, 1.165) is 41.4 Å². The second kappa shape index (κ2) is 12.3. The zero-order chi connectivity index (χ0) is 25.5. The van der Waals surface area contributed by atoms with Gasteiger partial charge in [0.15, 0.2) is 5.13 Å². The van der Waals surface area contributed by atoms with Crippen molar-refractivity contribution in [1.29, 1.82) is 0 Å². The molecule has 0 aliphatic rings. The maximum absolute atomic E-state index is 12.5. The first kappa shape index (κ1) is 26.1. The molecule has 0 aliphatic carbocycles. The van der Waals surface area contributed by atoms with Crippen molar-refractivity contribution < 1.29 is 9.53 Å². The van der Waals surface area contributed by atoms with Gasteiger partial charge >= 0.3 is 0 Å². The number of hydrogen-bond donors (Lipinski definition) is 2. The molecule has 182 valence electrons. The van der Waals surface area contributed by atoms with Crippen LogP contribution in [0, 0.1) is 10.5 Å². The Morgan fingerprint density at radius 1 is 1.19 bits per heavy atom. The van der Waals surface area contributed by atoms with Gasteiger partial charge in [-0.2, -0.15) is 5.10 Å². The molecule has 0 saturated heterocycles. The number of nitrogens with zero attached hydrogens (tertiary/aromatic N) is 2. The van der Waals surface area contributed by atoms with Crippen molar-refractivity contribution in [3.63, 3.8) is 0 Å². The largest absolute Gasteiger partial charge is 0.487 e. The van der Waals surface area contributed by atoms with E-state index in [1.807, 2.05) is 41.8 Å². The van der Waals surface area contributed by atoms with Crippen LogP contribution in [-0.2, 0) is 0 Å². The third-order valence-electron chi connectivity index (χ3n) is 5.00. The molecule has 0 fully saturated rings. The molecule has 4 aromatic rings. The Balaban J connectivity index is 1.36. The van der Waals surface area contributed by atoms with Gasteiger partial charge in [0.05, 0.1) is 20.0 Å². The van der Waals surface area contributed by atoms with Crippen LogP contribution in [-0.4, -0.2) is 23.7 Å². The third kappa shape index (κ3) is 6.80. The van der Waals surface area contributed by atoms with Gasteiger partial charge in [0, 0.05) is 22.2 Å². The number of carbonyl (C=O) groups excluding carboxylic acids is 1. The molecule has 0 unspecified atom stereocenters. The number of carbonyl (C=O) groups is 1.